The molecule has 2 aliphatic rings. The van der Waals surface area contributed by atoms with Crippen molar-refractivity contribution in [3.63, 3.8) is 0 Å². The summed E-state index contributed by atoms with van der Waals surface area (Å²) in [6.45, 7) is 1.89. The van der Waals surface area contributed by atoms with Crippen molar-refractivity contribution in [3.05, 3.63) is 59.7 Å². The number of hydrogen-bond donors (Lipinski definition) is 2. The summed E-state index contributed by atoms with van der Waals surface area (Å²) < 4.78 is 32.9. The molecule has 2 aromatic carbocycles. The van der Waals surface area contributed by atoms with E-state index in [0.717, 1.165) is 30.8 Å². The van der Waals surface area contributed by atoms with Gasteiger partial charge in [0.05, 0.1) is 5.60 Å². The SMILES string of the molecule is Oc1c(F)cc(CCN2C[C@@H]3C[C@@H](Oc4ccccc4)C[C@]3(O)C2)cc1F. The highest BCUT2D eigenvalue weighted by Crippen LogP contribution is 2.43. The Morgan fingerprint density at radius 2 is 1.85 bits per heavy atom. The molecule has 2 fully saturated rings. The quantitative estimate of drug-likeness (QED) is 0.843. The number of para-hydroxylation sites is 1. The summed E-state index contributed by atoms with van der Waals surface area (Å²) in [5, 5.41) is 20.2. The first kappa shape index (κ1) is 18.2. The molecule has 1 aliphatic heterocycles. The average molecular weight is 375 g/mol. The summed E-state index contributed by atoms with van der Waals surface area (Å²) in [4.78, 5) is 2.13. The van der Waals surface area contributed by atoms with E-state index in [1.165, 1.54) is 0 Å². The predicted molar refractivity (Wildman–Crippen MR) is 96.7 cm³/mol. The van der Waals surface area contributed by atoms with Crippen LogP contribution in [-0.4, -0.2) is 46.5 Å². The molecular formula is C21H23F2NO3. The van der Waals surface area contributed by atoms with Crippen LogP contribution in [0.2, 0.25) is 0 Å². The first-order valence-electron chi connectivity index (χ1n) is 9.26. The normalized spacial score (nSPS) is 27.7. The molecule has 6 heteroatoms. The molecule has 1 aliphatic carbocycles. The van der Waals surface area contributed by atoms with E-state index in [1.807, 2.05) is 30.3 Å². The van der Waals surface area contributed by atoms with Crippen molar-refractivity contribution >= 4 is 0 Å². The van der Waals surface area contributed by atoms with E-state index in [2.05, 4.69) is 4.90 Å². The topological polar surface area (TPSA) is 52.9 Å². The fraction of sp³-hybridized carbons (Fsp3) is 0.429. The Balaban J connectivity index is 1.32. The minimum atomic E-state index is -0.942. The number of phenols is 1. The second-order valence-electron chi connectivity index (χ2n) is 7.69. The molecule has 4 nitrogen and oxygen atoms in total. The zero-order valence-corrected chi connectivity index (χ0v) is 14.9. The number of rotatable bonds is 5. The molecule has 0 bridgehead atoms. The molecule has 3 atom stereocenters. The number of benzene rings is 2. The maximum atomic E-state index is 13.5. The lowest BCUT2D eigenvalue weighted by atomic mass is 9.95. The molecule has 1 saturated heterocycles. The van der Waals surface area contributed by atoms with Crippen molar-refractivity contribution in [2.75, 3.05) is 19.6 Å². The summed E-state index contributed by atoms with van der Waals surface area (Å²) in [5.74, 6) is -1.86. The Bertz CT molecular complexity index is 793. The summed E-state index contributed by atoms with van der Waals surface area (Å²) in [7, 11) is 0. The minimum absolute atomic E-state index is 0.00448. The summed E-state index contributed by atoms with van der Waals surface area (Å²) in [6.07, 6.45) is 1.85. The number of hydrogen-bond acceptors (Lipinski definition) is 4. The van der Waals surface area contributed by atoms with Crippen LogP contribution >= 0.6 is 0 Å². The first-order chi connectivity index (χ1) is 12.9. The van der Waals surface area contributed by atoms with Gasteiger partial charge in [0.2, 0.25) is 0 Å². The van der Waals surface area contributed by atoms with E-state index < -0.39 is 23.0 Å². The van der Waals surface area contributed by atoms with Gasteiger partial charge in [-0.15, -0.1) is 0 Å². The Morgan fingerprint density at radius 1 is 1.15 bits per heavy atom. The molecule has 1 saturated carbocycles. The second-order valence-corrected chi connectivity index (χ2v) is 7.69. The van der Waals surface area contributed by atoms with Gasteiger partial charge < -0.3 is 14.9 Å². The second kappa shape index (κ2) is 7.09. The Kier molecular flexibility index (Phi) is 4.78. The number of nitrogens with zero attached hydrogens (tertiary/aromatic N) is 1. The number of ether oxygens (including phenoxy) is 1. The van der Waals surface area contributed by atoms with Gasteiger partial charge in [0.15, 0.2) is 17.4 Å². The molecule has 0 radical (unpaired) electrons. The monoisotopic (exact) mass is 375 g/mol. The Morgan fingerprint density at radius 3 is 2.52 bits per heavy atom. The Hall–Kier alpha value is -2.18. The molecule has 0 amide bonds. The van der Waals surface area contributed by atoms with Gasteiger partial charge in [-0.05, 0) is 42.7 Å². The van der Waals surface area contributed by atoms with Gasteiger partial charge in [-0.2, -0.15) is 0 Å². The molecule has 2 aromatic rings. The molecule has 0 unspecified atom stereocenters. The molecule has 4 rings (SSSR count). The zero-order valence-electron chi connectivity index (χ0n) is 14.9. The van der Waals surface area contributed by atoms with Gasteiger partial charge in [-0.25, -0.2) is 8.78 Å². The van der Waals surface area contributed by atoms with Crippen LogP contribution in [-0.2, 0) is 6.42 Å². The maximum Gasteiger partial charge on any atom is 0.187 e. The molecule has 1 heterocycles. The smallest absolute Gasteiger partial charge is 0.187 e. The van der Waals surface area contributed by atoms with Gasteiger partial charge >= 0.3 is 0 Å². The van der Waals surface area contributed by atoms with Crippen molar-refractivity contribution in [3.8, 4) is 11.5 Å². The van der Waals surface area contributed by atoms with Crippen LogP contribution in [0.1, 0.15) is 18.4 Å². The van der Waals surface area contributed by atoms with Gasteiger partial charge in [0.25, 0.3) is 0 Å². The number of fused-ring (bicyclic) bond motifs is 1. The molecular weight excluding hydrogens is 352 g/mol. The summed E-state index contributed by atoms with van der Waals surface area (Å²) >= 11 is 0. The molecule has 27 heavy (non-hydrogen) atoms. The fourth-order valence-corrected chi connectivity index (χ4v) is 4.38. The third kappa shape index (κ3) is 3.77. The van der Waals surface area contributed by atoms with E-state index in [0.29, 0.717) is 31.5 Å². The van der Waals surface area contributed by atoms with Crippen molar-refractivity contribution in [1.29, 1.82) is 0 Å². The minimum Gasteiger partial charge on any atom is -0.503 e. The summed E-state index contributed by atoms with van der Waals surface area (Å²) in [6, 6.07) is 11.9. The van der Waals surface area contributed by atoms with E-state index in [-0.39, 0.29) is 12.0 Å². The van der Waals surface area contributed by atoms with E-state index >= 15 is 0 Å². The van der Waals surface area contributed by atoms with Crippen LogP contribution in [0.15, 0.2) is 42.5 Å². The van der Waals surface area contributed by atoms with E-state index in [1.54, 1.807) is 0 Å². The largest absolute Gasteiger partial charge is 0.503 e. The predicted octanol–water partition coefficient (Wildman–Crippen LogP) is 3.12. The lowest BCUT2D eigenvalue weighted by Gasteiger charge is -2.23. The Labute approximate surface area is 157 Å². The van der Waals surface area contributed by atoms with Crippen molar-refractivity contribution < 1.29 is 23.7 Å². The highest BCUT2D eigenvalue weighted by molar-refractivity contribution is 5.30. The van der Waals surface area contributed by atoms with Crippen LogP contribution in [0.25, 0.3) is 0 Å². The van der Waals surface area contributed by atoms with Gasteiger partial charge in [0, 0.05) is 32.0 Å². The third-order valence-electron chi connectivity index (χ3n) is 5.70. The van der Waals surface area contributed by atoms with Crippen LogP contribution in [0, 0.1) is 17.6 Å². The maximum absolute atomic E-state index is 13.5. The van der Waals surface area contributed by atoms with Crippen molar-refractivity contribution in [1.82, 2.24) is 4.90 Å². The first-order valence-corrected chi connectivity index (χ1v) is 9.26. The van der Waals surface area contributed by atoms with Gasteiger partial charge in [-0.1, -0.05) is 18.2 Å². The number of aromatic hydroxyl groups is 1. The lowest BCUT2D eigenvalue weighted by molar-refractivity contribution is 0.0221. The van der Waals surface area contributed by atoms with Crippen LogP contribution in [0.5, 0.6) is 11.5 Å². The van der Waals surface area contributed by atoms with E-state index in [4.69, 9.17) is 4.74 Å². The van der Waals surface area contributed by atoms with Crippen molar-refractivity contribution in [2.45, 2.75) is 31.0 Å². The van der Waals surface area contributed by atoms with Crippen LogP contribution < -0.4 is 4.74 Å². The van der Waals surface area contributed by atoms with Crippen LogP contribution in [0.4, 0.5) is 8.78 Å². The zero-order chi connectivity index (χ0) is 19.0. The lowest BCUT2D eigenvalue weighted by Crippen LogP contribution is -2.36. The highest BCUT2D eigenvalue weighted by atomic mass is 19.1. The number of aliphatic hydroxyl groups is 1. The molecule has 0 spiro atoms. The van der Waals surface area contributed by atoms with E-state index in [9.17, 15) is 19.0 Å². The van der Waals surface area contributed by atoms with Gasteiger partial charge in [0.1, 0.15) is 11.9 Å². The molecule has 0 aromatic heterocycles. The fourth-order valence-electron chi connectivity index (χ4n) is 4.38. The standard InChI is InChI=1S/C21H23F2NO3/c22-18-8-14(9-19(23)20(18)25)6-7-24-12-15-10-17(11-21(15,26)13-24)27-16-4-2-1-3-5-16/h1-5,8-9,15,17,25-26H,6-7,10-13H2/t15-,17+,21-/m0/s1. The summed E-state index contributed by atoms with van der Waals surface area (Å²) in [5.41, 5.74) is -0.276. The average Bonchev–Trinajstić information content (AvgIpc) is 3.09. The third-order valence-corrected chi connectivity index (χ3v) is 5.70. The molecule has 144 valence electrons. The van der Waals surface area contributed by atoms with Gasteiger partial charge in [-0.3, -0.25) is 4.90 Å². The number of β-amino-alcohol motifs (C(OH)–C–C–N with tert-alkyl or cyclic N) is 1. The molecule has 2 N–H and O–H groups in total. The number of likely N-dealkylation sites (tertiary alicyclic amines) is 1. The van der Waals surface area contributed by atoms with Crippen LogP contribution in [0.3, 0.4) is 0 Å². The highest BCUT2D eigenvalue weighted by Gasteiger charge is 2.52. The number of halogens is 2. The number of phenolic OH excluding ortho intramolecular Hbond substituents is 1. The van der Waals surface area contributed by atoms with Crippen molar-refractivity contribution in [2.24, 2.45) is 5.92 Å².